The standard InChI is InChI=1S/C10H10BrClO2/c1-3-14-10(13)7-5-9(12)8(11)4-6(7)2/h4-5H,3H2,1-2H3. The number of ether oxygens (including phenoxy) is 1. The molecule has 0 unspecified atom stereocenters. The molecule has 0 heterocycles. The number of carbonyl (C=O) groups is 1. The van der Waals surface area contributed by atoms with E-state index < -0.39 is 0 Å². The number of hydrogen-bond donors (Lipinski definition) is 0. The van der Waals surface area contributed by atoms with E-state index in [1.54, 1.807) is 19.1 Å². The van der Waals surface area contributed by atoms with Crippen molar-refractivity contribution in [2.24, 2.45) is 0 Å². The third-order valence-corrected chi connectivity index (χ3v) is 2.96. The molecular weight excluding hydrogens is 267 g/mol. The predicted octanol–water partition coefficient (Wildman–Crippen LogP) is 3.59. The van der Waals surface area contributed by atoms with Crippen molar-refractivity contribution in [3.63, 3.8) is 0 Å². The molecule has 0 aromatic heterocycles. The molecule has 4 heteroatoms. The van der Waals surface area contributed by atoms with Crippen LogP contribution in [-0.2, 0) is 4.74 Å². The van der Waals surface area contributed by atoms with Gasteiger partial charge < -0.3 is 4.74 Å². The fourth-order valence-corrected chi connectivity index (χ4v) is 1.70. The summed E-state index contributed by atoms with van der Waals surface area (Å²) in [5, 5.41) is 0.513. The summed E-state index contributed by atoms with van der Waals surface area (Å²) in [7, 11) is 0. The molecule has 0 saturated carbocycles. The Morgan fingerprint density at radius 2 is 2.21 bits per heavy atom. The predicted molar refractivity (Wildman–Crippen MR) is 59.8 cm³/mol. The van der Waals surface area contributed by atoms with Crippen molar-refractivity contribution in [2.45, 2.75) is 13.8 Å². The molecule has 0 saturated heterocycles. The SMILES string of the molecule is CCOC(=O)c1cc(Cl)c(Br)cc1C. The first kappa shape index (κ1) is 11.5. The third kappa shape index (κ3) is 2.49. The van der Waals surface area contributed by atoms with Crippen molar-refractivity contribution in [3.8, 4) is 0 Å². The zero-order valence-corrected chi connectivity index (χ0v) is 10.3. The smallest absolute Gasteiger partial charge is 0.338 e. The fraction of sp³-hybridized carbons (Fsp3) is 0.300. The molecule has 1 aromatic rings. The lowest BCUT2D eigenvalue weighted by Crippen LogP contribution is -2.06. The highest BCUT2D eigenvalue weighted by molar-refractivity contribution is 9.10. The van der Waals surface area contributed by atoms with Crippen LogP contribution in [-0.4, -0.2) is 12.6 Å². The maximum Gasteiger partial charge on any atom is 0.338 e. The van der Waals surface area contributed by atoms with Crippen LogP contribution < -0.4 is 0 Å². The summed E-state index contributed by atoms with van der Waals surface area (Å²) in [5.41, 5.74) is 1.36. The molecule has 0 fully saturated rings. The summed E-state index contributed by atoms with van der Waals surface area (Å²) >= 11 is 9.16. The van der Waals surface area contributed by atoms with Gasteiger partial charge in [0, 0.05) is 4.47 Å². The van der Waals surface area contributed by atoms with Gasteiger partial charge in [0.15, 0.2) is 0 Å². The second-order valence-electron chi connectivity index (χ2n) is 2.80. The summed E-state index contributed by atoms with van der Waals surface area (Å²) in [6.45, 7) is 3.98. The van der Waals surface area contributed by atoms with Crippen LogP contribution in [0.25, 0.3) is 0 Å². The number of rotatable bonds is 2. The van der Waals surface area contributed by atoms with Crippen molar-refractivity contribution in [3.05, 3.63) is 32.8 Å². The highest BCUT2D eigenvalue weighted by Crippen LogP contribution is 2.26. The van der Waals surface area contributed by atoms with Gasteiger partial charge in [0.1, 0.15) is 0 Å². The summed E-state index contributed by atoms with van der Waals surface area (Å²) < 4.78 is 5.67. The number of aryl methyl sites for hydroxylation is 1. The average Bonchev–Trinajstić information content (AvgIpc) is 2.11. The third-order valence-electron chi connectivity index (χ3n) is 1.76. The molecule has 2 nitrogen and oxygen atoms in total. The molecule has 0 atom stereocenters. The van der Waals surface area contributed by atoms with Crippen LogP contribution in [0.1, 0.15) is 22.8 Å². The van der Waals surface area contributed by atoms with Crippen molar-refractivity contribution >= 4 is 33.5 Å². The summed E-state index contributed by atoms with van der Waals surface area (Å²) in [6, 6.07) is 3.41. The van der Waals surface area contributed by atoms with Crippen LogP contribution in [0.3, 0.4) is 0 Å². The highest BCUT2D eigenvalue weighted by atomic mass is 79.9. The van der Waals surface area contributed by atoms with Gasteiger partial charge in [0.25, 0.3) is 0 Å². The van der Waals surface area contributed by atoms with Gasteiger partial charge in [-0.2, -0.15) is 0 Å². The minimum absolute atomic E-state index is 0.334. The number of carbonyl (C=O) groups excluding carboxylic acids is 1. The Morgan fingerprint density at radius 3 is 2.79 bits per heavy atom. The zero-order valence-electron chi connectivity index (χ0n) is 7.93. The quantitative estimate of drug-likeness (QED) is 0.772. The van der Waals surface area contributed by atoms with E-state index in [1.165, 1.54) is 0 Å². The molecule has 0 aliphatic carbocycles. The minimum atomic E-state index is -0.334. The molecule has 0 bridgehead atoms. The summed E-state index contributed by atoms with van der Waals surface area (Å²) in [4.78, 5) is 11.4. The Balaban J connectivity index is 3.09. The van der Waals surface area contributed by atoms with Gasteiger partial charge in [-0.3, -0.25) is 0 Å². The Labute approximate surface area is 96.3 Å². The van der Waals surface area contributed by atoms with Crippen molar-refractivity contribution in [1.82, 2.24) is 0 Å². The molecule has 1 rings (SSSR count). The van der Waals surface area contributed by atoms with Crippen LogP contribution >= 0.6 is 27.5 Å². The Morgan fingerprint density at radius 1 is 1.57 bits per heavy atom. The Bertz CT molecular complexity index is 363. The van der Waals surface area contributed by atoms with Gasteiger partial charge in [-0.1, -0.05) is 11.6 Å². The van der Waals surface area contributed by atoms with E-state index in [2.05, 4.69) is 15.9 Å². The average molecular weight is 278 g/mol. The summed E-state index contributed by atoms with van der Waals surface area (Å²) in [5.74, 6) is -0.334. The molecule has 14 heavy (non-hydrogen) atoms. The number of halogens is 2. The van der Waals surface area contributed by atoms with Crippen LogP contribution in [0.4, 0.5) is 0 Å². The van der Waals surface area contributed by atoms with E-state index in [0.29, 0.717) is 17.2 Å². The van der Waals surface area contributed by atoms with Gasteiger partial charge >= 0.3 is 5.97 Å². The van der Waals surface area contributed by atoms with Crippen LogP contribution in [0.2, 0.25) is 5.02 Å². The molecule has 0 radical (unpaired) electrons. The fourth-order valence-electron chi connectivity index (χ4n) is 1.08. The highest BCUT2D eigenvalue weighted by Gasteiger charge is 2.12. The van der Waals surface area contributed by atoms with Crippen molar-refractivity contribution < 1.29 is 9.53 Å². The minimum Gasteiger partial charge on any atom is -0.462 e. The van der Waals surface area contributed by atoms with E-state index in [4.69, 9.17) is 16.3 Å². The second-order valence-corrected chi connectivity index (χ2v) is 4.06. The van der Waals surface area contributed by atoms with E-state index in [-0.39, 0.29) is 5.97 Å². The largest absolute Gasteiger partial charge is 0.462 e. The van der Waals surface area contributed by atoms with Crippen molar-refractivity contribution in [1.29, 1.82) is 0 Å². The van der Waals surface area contributed by atoms with Crippen LogP contribution in [0.5, 0.6) is 0 Å². The normalized spacial score (nSPS) is 10.0. The van der Waals surface area contributed by atoms with E-state index in [1.807, 2.05) is 6.92 Å². The lowest BCUT2D eigenvalue weighted by Gasteiger charge is -2.06. The van der Waals surface area contributed by atoms with Gasteiger partial charge in [-0.25, -0.2) is 4.79 Å². The molecule has 0 amide bonds. The second kappa shape index (κ2) is 4.80. The maximum atomic E-state index is 11.4. The van der Waals surface area contributed by atoms with Gasteiger partial charge in [-0.05, 0) is 47.5 Å². The van der Waals surface area contributed by atoms with Gasteiger partial charge in [0.05, 0.1) is 17.2 Å². The van der Waals surface area contributed by atoms with Crippen LogP contribution in [0.15, 0.2) is 16.6 Å². The Kier molecular flexibility index (Phi) is 3.96. The Hall–Kier alpha value is -0.540. The van der Waals surface area contributed by atoms with E-state index in [9.17, 15) is 4.79 Å². The topological polar surface area (TPSA) is 26.3 Å². The molecular formula is C10H10BrClO2. The van der Waals surface area contributed by atoms with Gasteiger partial charge in [-0.15, -0.1) is 0 Å². The monoisotopic (exact) mass is 276 g/mol. The molecule has 0 N–H and O–H groups in total. The van der Waals surface area contributed by atoms with Crippen molar-refractivity contribution in [2.75, 3.05) is 6.61 Å². The lowest BCUT2D eigenvalue weighted by atomic mass is 10.1. The van der Waals surface area contributed by atoms with E-state index in [0.717, 1.165) is 10.0 Å². The van der Waals surface area contributed by atoms with Crippen LogP contribution in [0, 0.1) is 6.92 Å². The zero-order chi connectivity index (χ0) is 10.7. The number of benzene rings is 1. The molecule has 0 spiro atoms. The maximum absolute atomic E-state index is 11.4. The number of hydrogen-bond acceptors (Lipinski definition) is 2. The number of esters is 1. The molecule has 1 aromatic carbocycles. The van der Waals surface area contributed by atoms with Gasteiger partial charge in [0.2, 0.25) is 0 Å². The first-order chi connectivity index (χ1) is 6.56. The summed E-state index contributed by atoms with van der Waals surface area (Å²) in [6.07, 6.45) is 0. The molecule has 0 aliphatic rings. The first-order valence-corrected chi connectivity index (χ1v) is 5.36. The molecule has 0 aliphatic heterocycles. The molecule has 76 valence electrons. The first-order valence-electron chi connectivity index (χ1n) is 4.19. The lowest BCUT2D eigenvalue weighted by molar-refractivity contribution is 0.0525. The van der Waals surface area contributed by atoms with E-state index >= 15 is 0 Å².